The van der Waals surface area contributed by atoms with E-state index in [2.05, 4.69) is 4.90 Å². The van der Waals surface area contributed by atoms with Gasteiger partial charge in [-0.2, -0.15) is 0 Å². The molecule has 1 aromatic rings. The third kappa shape index (κ3) is 5.69. The van der Waals surface area contributed by atoms with Gasteiger partial charge in [0.25, 0.3) is 5.91 Å². The summed E-state index contributed by atoms with van der Waals surface area (Å²) >= 11 is 0. The fourth-order valence-corrected chi connectivity index (χ4v) is 2.78. The van der Waals surface area contributed by atoms with Gasteiger partial charge in [-0.1, -0.05) is 45.0 Å². The van der Waals surface area contributed by atoms with Crippen molar-refractivity contribution < 1.29 is 14.8 Å². The van der Waals surface area contributed by atoms with Crippen LogP contribution in [0.15, 0.2) is 30.3 Å². The van der Waals surface area contributed by atoms with E-state index in [0.717, 1.165) is 38.3 Å². The molecule has 0 radical (unpaired) electrons. The van der Waals surface area contributed by atoms with Crippen LogP contribution in [0.3, 0.4) is 0 Å². The number of carbonyl (C=O) groups excluding carboxylic acids is 2. The molecule has 6 heteroatoms. The third-order valence-electron chi connectivity index (χ3n) is 4.22. The molecule has 2 rings (SSSR count). The average molecular weight is 345 g/mol. The second-order valence-corrected chi connectivity index (χ2v) is 7.37. The molecule has 1 aromatic carbocycles. The van der Waals surface area contributed by atoms with Gasteiger partial charge in [0.05, 0.1) is 0 Å². The number of carbonyl (C=O) groups is 2. The summed E-state index contributed by atoms with van der Waals surface area (Å²) in [7, 11) is 0. The first kappa shape index (κ1) is 19.1. The molecule has 0 unspecified atom stereocenters. The van der Waals surface area contributed by atoms with Crippen LogP contribution in [0.2, 0.25) is 0 Å². The molecule has 0 saturated carbocycles. The Morgan fingerprint density at radius 3 is 2.24 bits per heavy atom. The Morgan fingerprint density at radius 2 is 1.72 bits per heavy atom. The van der Waals surface area contributed by atoms with E-state index in [1.165, 1.54) is 11.6 Å². The summed E-state index contributed by atoms with van der Waals surface area (Å²) in [4.78, 5) is 27.6. The minimum atomic E-state index is -0.549. The highest BCUT2D eigenvalue weighted by molar-refractivity contribution is 5.90. The van der Waals surface area contributed by atoms with Crippen molar-refractivity contribution in [3.05, 3.63) is 41.5 Å². The normalized spacial score (nSPS) is 16.2. The summed E-state index contributed by atoms with van der Waals surface area (Å²) in [6.45, 7) is 10.0. The number of hydroxylamine groups is 1. The molecule has 1 aliphatic heterocycles. The van der Waals surface area contributed by atoms with E-state index >= 15 is 0 Å². The zero-order valence-corrected chi connectivity index (χ0v) is 15.2. The molecule has 0 aliphatic carbocycles. The maximum atomic E-state index is 12.3. The molecule has 2 amide bonds. The van der Waals surface area contributed by atoms with Crippen molar-refractivity contribution in [1.82, 2.24) is 15.3 Å². The Balaban J connectivity index is 1.85. The van der Waals surface area contributed by atoms with Crippen molar-refractivity contribution in [1.29, 1.82) is 0 Å². The molecule has 1 aliphatic rings. The zero-order valence-electron chi connectivity index (χ0n) is 15.2. The zero-order chi connectivity index (χ0) is 18.4. The number of piperazine rings is 1. The number of hydrogen-bond acceptors (Lipinski definition) is 4. The van der Waals surface area contributed by atoms with Crippen molar-refractivity contribution in [2.45, 2.75) is 27.3 Å². The van der Waals surface area contributed by atoms with Crippen LogP contribution in [-0.2, 0) is 16.1 Å². The smallest absolute Gasteiger partial charge is 0.267 e. The summed E-state index contributed by atoms with van der Waals surface area (Å²) in [6.07, 6.45) is 2.92. The van der Waals surface area contributed by atoms with Gasteiger partial charge < -0.3 is 4.90 Å². The van der Waals surface area contributed by atoms with Gasteiger partial charge in [0.15, 0.2) is 0 Å². The van der Waals surface area contributed by atoms with Crippen LogP contribution in [0.1, 0.15) is 31.9 Å². The molecule has 0 bridgehead atoms. The minimum Gasteiger partial charge on any atom is -0.340 e. The fourth-order valence-electron chi connectivity index (χ4n) is 2.78. The van der Waals surface area contributed by atoms with Crippen LogP contribution in [-0.4, -0.2) is 53.0 Å². The van der Waals surface area contributed by atoms with Gasteiger partial charge in [-0.05, 0) is 17.2 Å². The van der Waals surface area contributed by atoms with E-state index in [0.29, 0.717) is 0 Å². The molecule has 1 saturated heterocycles. The first-order chi connectivity index (χ1) is 11.8. The van der Waals surface area contributed by atoms with E-state index in [-0.39, 0.29) is 11.3 Å². The maximum absolute atomic E-state index is 12.3. The van der Waals surface area contributed by atoms with E-state index < -0.39 is 5.91 Å². The van der Waals surface area contributed by atoms with Crippen LogP contribution >= 0.6 is 0 Å². The molecular formula is C19H27N3O3. The molecular weight excluding hydrogens is 318 g/mol. The SMILES string of the molecule is CC(C)(C)C(=O)N1CCN(Cc2ccc(C=CC(=O)NO)cc2)CC1. The predicted molar refractivity (Wildman–Crippen MR) is 96.7 cm³/mol. The standard InChI is InChI=1S/C19H27N3O3/c1-19(2,3)18(24)22-12-10-21(11-13-22)14-16-6-4-15(5-7-16)8-9-17(23)20-25/h4-9,25H,10-14H2,1-3H3,(H,20,23). The van der Waals surface area contributed by atoms with Crippen molar-refractivity contribution in [3.63, 3.8) is 0 Å². The van der Waals surface area contributed by atoms with Gasteiger partial charge >= 0.3 is 0 Å². The summed E-state index contributed by atoms with van der Waals surface area (Å²) in [6, 6.07) is 7.94. The lowest BCUT2D eigenvalue weighted by Gasteiger charge is -2.37. The van der Waals surface area contributed by atoms with Gasteiger partial charge in [-0.25, -0.2) is 5.48 Å². The summed E-state index contributed by atoms with van der Waals surface area (Å²) in [5.41, 5.74) is 3.33. The predicted octanol–water partition coefficient (Wildman–Crippen LogP) is 1.90. The van der Waals surface area contributed by atoms with Crippen LogP contribution in [0, 0.1) is 5.41 Å². The quantitative estimate of drug-likeness (QED) is 0.497. The third-order valence-corrected chi connectivity index (χ3v) is 4.22. The Hall–Kier alpha value is -2.18. The van der Waals surface area contributed by atoms with Gasteiger partial charge in [-0.3, -0.25) is 19.7 Å². The average Bonchev–Trinajstić information content (AvgIpc) is 2.60. The number of nitrogens with one attached hydrogen (secondary N) is 1. The summed E-state index contributed by atoms with van der Waals surface area (Å²) in [5, 5.41) is 8.46. The van der Waals surface area contributed by atoms with Gasteiger partial charge in [0.2, 0.25) is 5.91 Å². The van der Waals surface area contributed by atoms with Crippen molar-refractivity contribution in [3.8, 4) is 0 Å². The lowest BCUT2D eigenvalue weighted by molar-refractivity contribution is -0.141. The minimum absolute atomic E-state index is 0.218. The highest BCUT2D eigenvalue weighted by atomic mass is 16.5. The second-order valence-electron chi connectivity index (χ2n) is 7.37. The Kier molecular flexibility index (Phi) is 6.33. The number of amides is 2. The topological polar surface area (TPSA) is 72.9 Å². The molecule has 25 heavy (non-hydrogen) atoms. The summed E-state index contributed by atoms with van der Waals surface area (Å²) < 4.78 is 0. The molecule has 0 atom stereocenters. The van der Waals surface area contributed by atoms with E-state index in [4.69, 9.17) is 5.21 Å². The number of benzene rings is 1. The molecule has 2 N–H and O–H groups in total. The fraction of sp³-hybridized carbons (Fsp3) is 0.474. The van der Waals surface area contributed by atoms with Gasteiger partial charge in [0.1, 0.15) is 0 Å². The van der Waals surface area contributed by atoms with Crippen molar-refractivity contribution in [2.24, 2.45) is 5.41 Å². The molecule has 6 nitrogen and oxygen atoms in total. The highest BCUT2D eigenvalue weighted by Crippen LogP contribution is 2.19. The van der Waals surface area contributed by atoms with Crippen molar-refractivity contribution >= 4 is 17.9 Å². The first-order valence-electron chi connectivity index (χ1n) is 8.52. The van der Waals surface area contributed by atoms with E-state index in [1.807, 2.05) is 49.9 Å². The number of hydrogen-bond donors (Lipinski definition) is 2. The van der Waals surface area contributed by atoms with Crippen LogP contribution < -0.4 is 5.48 Å². The molecule has 0 spiro atoms. The van der Waals surface area contributed by atoms with Crippen LogP contribution in [0.5, 0.6) is 0 Å². The second kappa shape index (κ2) is 8.27. The first-order valence-corrected chi connectivity index (χ1v) is 8.52. The van der Waals surface area contributed by atoms with E-state index in [9.17, 15) is 9.59 Å². The lowest BCUT2D eigenvalue weighted by Crippen LogP contribution is -2.51. The lowest BCUT2D eigenvalue weighted by atomic mass is 9.94. The number of nitrogens with zero attached hydrogens (tertiary/aromatic N) is 2. The molecule has 136 valence electrons. The molecule has 0 aromatic heterocycles. The highest BCUT2D eigenvalue weighted by Gasteiger charge is 2.29. The van der Waals surface area contributed by atoms with Crippen molar-refractivity contribution in [2.75, 3.05) is 26.2 Å². The van der Waals surface area contributed by atoms with Crippen LogP contribution in [0.25, 0.3) is 6.08 Å². The summed E-state index contributed by atoms with van der Waals surface area (Å²) in [5.74, 6) is -0.332. The van der Waals surface area contributed by atoms with Crippen LogP contribution in [0.4, 0.5) is 0 Å². The monoisotopic (exact) mass is 345 g/mol. The van der Waals surface area contributed by atoms with E-state index in [1.54, 1.807) is 11.6 Å². The van der Waals surface area contributed by atoms with Gasteiger partial charge in [-0.15, -0.1) is 0 Å². The van der Waals surface area contributed by atoms with Gasteiger partial charge in [0, 0.05) is 44.2 Å². The maximum Gasteiger partial charge on any atom is 0.267 e. The Morgan fingerprint density at radius 1 is 1.12 bits per heavy atom. The Labute approximate surface area is 149 Å². The number of rotatable bonds is 4. The molecule has 1 heterocycles. The largest absolute Gasteiger partial charge is 0.340 e. The molecule has 1 fully saturated rings. The Bertz CT molecular complexity index is 624.